The fourth-order valence-electron chi connectivity index (χ4n) is 3.12. The van der Waals surface area contributed by atoms with Crippen molar-refractivity contribution in [2.75, 3.05) is 11.4 Å². The Morgan fingerprint density at radius 3 is 2.52 bits per heavy atom. The summed E-state index contributed by atoms with van der Waals surface area (Å²) in [6.07, 6.45) is 2.35. The zero-order chi connectivity index (χ0) is 19.2. The van der Waals surface area contributed by atoms with E-state index in [0.717, 1.165) is 29.8 Å². The lowest BCUT2D eigenvalue weighted by molar-refractivity contribution is -0.121. The van der Waals surface area contributed by atoms with Crippen LogP contribution in [-0.4, -0.2) is 29.4 Å². The lowest BCUT2D eigenvalue weighted by Crippen LogP contribution is -2.25. The van der Waals surface area contributed by atoms with E-state index < -0.39 is 5.97 Å². The van der Waals surface area contributed by atoms with Gasteiger partial charge in [-0.15, -0.1) is 0 Å². The molecule has 6 nitrogen and oxygen atoms in total. The van der Waals surface area contributed by atoms with E-state index in [1.807, 2.05) is 24.3 Å². The molecule has 0 bridgehead atoms. The number of carboxylic acid groups (broad SMARTS) is 1. The minimum Gasteiger partial charge on any atom is -0.478 e. The van der Waals surface area contributed by atoms with E-state index in [4.69, 9.17) is 5.11 Å². The normalized spacial score (nSPS) is 13.6. The van der Waals surface area contributed by atoms with E-state index in [2.05, 4.69) is 5.32 Å². The third-order valence-corrected chi connectivity index (χ3v) is 4.63. The number of aryl methyl sites for hydroxylation is 1. The smallest absolute Gasteiger partial charge is 0.335 e. The summed E-state index contributed by atoms with van der Waals surface area (Å²) in [4.78, 5) is 36.6. The highest BCUT2D eigenvalue weighted by Crippen LogP contribution is 2.22. The maximum absolute atomic E-state index is 12.1. The third kappa shape index (κ3) is 4.94. The minimum atomic E-state index is -0.961. The van der Waals surface area contributed by atoms with Crippen LogP contribution in [0.5, 0.6) is 0 Å². The van der Waals surface area contributed by atoms with E-state index in [1.54, 1.807) is 29.2 Å². The Bertz CT molecular complexity index is 846. The number of nitrogens with zero attached hydrogens (tertiary/aromatic N) is 1. The molecule has 2 aromatic rings. The number of anilines is 1. The molecule has 1 aliphatic rings. The fraction of sp³-hybridized carbons (Fsp3) is 0.286. The first-order valence-electron chi connectivity index (χ1n) is 9.01. The van der Waals surface area contributed by atoms with Crippen molar-refractivity contribution in [1.82, 2.24) is 5.32 Å². The van der Waals surface area contributed by atoms with Gasteiger partial charge in [-0.3, -0.25) is 9.59 Å². The maximum atomic E-state index is 12.1. The molecule has 1 aliphatic heterocycles. The van der Waals surface area contributed by atoms with Crippen LogP contribution in [0, 0.1) is 0 Å². The molecule has 0 atom stereocenters. The van der Waals surface area contributed by atoms with Crippen molar-refractivity contribution in [3.8, 4) is 0 Å². The minimum absolute atomic E-state index is 0.0695. The largest absolute Gasteiger partial charge is 0.478 e. The summed E-state index contributed by atoms with van der Waals surface area (Å²) in [5, 5.41) is 11.8. The van der Waals surface area contributed by atoms with Gasteiger partial charge in [0, 0.05) is 31.6 Å². The first-order valence-corrected chi connectivity index (χ1v) is 9.01. The van der Waals surface area contributed by atoms with Crippen LogP contribution in [0.3, 0.4) is 0 Å². The van der Waals surface area contributed by atoms with Crippen LogP contribution in [0.15, 0.2) is 48.5 Å². The van der Waals surface area contributed by atoms with Gasteiger partial charge in [-0.25, -0.2) is 4.79 Å². The predicted octanol–water partition coefficient (Wildman–Crippen LogP) is 2.76. The summed E-state index contributed by atoms with van der Waals surface area (Å²) >= 11 is 0. The predicted molar refractivity (Wildman–Crippen MR) is 102 cm³/mol. The molecular weight excluding hydrogens is 344 g/mol. The molecule has 2 amide bonds. The number of rotatable bonds is 7. The zero-order valence-electron chi connectivity index (χ0n) is 15.0. The molecule has 0 aromatic heterocycles. The SMILES string of the molecule is O=C(CCc1ccc(C(=O)O)cc1)NCc1cccc(N2CCCC2=O)c1. The Kier molecular flexibility index (Phi) is 5.86. The quantitative estimate of drug-likeness (QED) is 0.789. The van der Waals surface area contributed by atoms with E-state index >= 15 is 0 Å². The average Bonchev–Trinajstić information content (AvgIpc) is 3.11. The number of hydrogen-bond donors (Lipinski definition) is 2. The van der Waals surface area contributed by atoms with Crippen LogP contribution < -0.4 is 10.2 Å². The molecule has 27 heavy (non-hydrogen) atoms. The van der Waals surface area contributed by atoms with Gasteiger partial charge in [0.15, 0.2) is 0 Å². The molecule has 3 rings (SSSR count). The van der Waals surface area contributed by atoms with E-state index in [9.17, 15) is 14.4 Å². The summed E-state index contributed by atoms with van der Waals surface area (Å²) in [7, 11) is 0. The molecule has 0 saturated carbocycles. The Balaban J connectivity index is 1.49. The molecule has 1 heterocycles. The maximum Gasteiger partial charge on any atom is 0.335 e. The van der Waals surface area contributed by atoms with Crippen LogP contribution in [0.1, 0.15) is 40.7 Å². The monoisotopic (exact) mass is 366 g/mol. The van der Waals surface area contributed by atoms with Gasteiger partial charge in [-0.1, -0.05) is 24.3 Å². The van der Waals surface area contributed by atoms with Crippen LogP contribution >= 0.6 is 0 Å². The van der Waals surface area contributed by atoms with Crippen molar-refractivity contribution < 1.29 is 19.5 Å². The summed E-state index contributed by atoms with van der Waals surface area (Å²) in [6.45, 7) is 1.15. The second-order valence-corrected chi connectivity index (χ2v) is 6.60. The highest BCUT2D eigenvalue weighted by Gasteiger charge is 2.21. The van der Waals surface area contributed by atoms with Crippen molar-refractivity contribution in [3.05, 3.63) is 65.2 Å². The Hall–Kier alpha value is -3.15. The summed E-state index contributed by atoms with van der Waals surface area (Å²) in [5.74, 6) is -0.887. The van der Waals surface area contributed by atoms with Crippen molar-refractivity contribution in [2.24, 2.45) is 0 Å². The number of benzene rings is 2. The van der Waals surface area contributed by atoms with Gasteiger partial charge in [-0.05, 0) is 48.2 Å². The molecule has 2 aromatic carbocycles. The van der Waals surface area contributed by atoms with Crippen LogP contribution in [0.4, 0.5) is 5.69 Å². The number of carboxylic acids is 1. The Morgan fingerprint density at radius 2 is 1.85 bits per heavy atom. The highest BCUT2D eigenvalue weighted by molar-refractivity contribution is 5.95. The molecule has 0 radical (unpaired) electrons. The zero-order valence-corrected chi connectivity index (χ0v) is 15.0. The van der Waals surface area contributed by atoms with Crippen LogP contribution in [-0.2, 0) is 22.6 Å². The number of carbonyl (C=O) groups excluding carboxylic acids is 2. The fourth-order valence-corrected chi connectivity index (χ4v) is 3.12. The van der Waals surface area contributed by atoms with Gasteiger partial charge in [-0.2, -0.15) is 0 Å². The van der Waals surface area contributed by atoms with Gasteiger partial charge in [0.05, 0.1) is 5.56 Å². The highest BCUT2D eigenvalue weighted by atomic mass is 16.4. The first-order chi connectivity index (χ1) is 13.0. The van der Waals surface area contributed by atoms with Crippen molar-refractivity contribution in [3.63, 3.8) is 0 Å². The van der Waals surface area contributed by atoms with Gasteiger partial charge in [0.2, 0.25) is 11.8 Å². The second-order valence-electron chi connectivity index (χ2n) is 6.60. The lowest BCUT2D eigenvalue weighted by Gasteiger charge is -2.16. The molecular formula is C21H22N2O4. The van der Waals surface area contributed by atoms with Gasteiger partial charge >= 0.3 is 5.97 Å². The number of carbonyl (C=O) groups is 3. The van der Waals surface area contributed by atoms with E-state index in [1.165, 1.54) is 0 Å². The van der Waals surface area contributed by atoms with Gasteiger partial charge in [0.1, 0.15) is 0 Å². The summed E-state index contributed by atoms with van der Waals surface area (Å²) in [5.41, 5.74) is 2.98. The Labute approximate surface area is 157 Å². The van der Waals surface area contributed by atoms with Crippen molar-refractivity contribution in [1.29, 1.82) is 0 Å². The van der Waals surface area contributed by atoms with Crippen molar-refractivity contribution in [2.45, 2.75) is 32.2 Å². The van der Waals surface area contributed by atoms with E-state index in [-0.39, 0.29) is 17.4 Å². The molecule has 0 spiro atoms. The first kappa shape index (κ1) is 18.6. The number of aromatic carboxylic acids is 1. The third-order valence-electron chi connectivity index (χ3n) is 4.63. The molecule has 1 saturated heterocycles. The Morgan fingerprint density at radius 1 is 1.07 bits per heavy atom. The lowest BCUT2D eigenvalue weighted by atomic mass is 10.1. The second kappa shape index (κ2) is 8.49. The van der Waals surface area contributed by atoms with Gasteiger partial charge in [0.25, 0.3) is 0 Å². The van der Waals surface area contributed by atoms with E-state index in [0.29, 0.717) is 25.8 Å². The topological polar surface area (TPSA) is 86.7 Å². The summed E-state index contributed by atoms with van der Waals surface area (Å²) < 4.78 is 0. The molecule has 6 heteroatoms. The molecule has 0 unspecified atom stereocenters. The number of hydrogen-bond acceptors (Lipinski definition) is 3. The number of nitrogens with one attached hydrogen (secondary N) is 1. The molecule has 0 aliphatic carbocycles. The van der Waals surface area contributed by atoms with Crippen molar-refractivity contribution >= 4 is 23.5 Å². The average molecular weight is 366 g/mol. The van der Waals surface area contributed by atoms with Gasteiger partial charge < -0.3 is 15.3 Å². The van der Waals surface area contributed by atoms with Crippen LogP contribution in [0.2, 0.25) is 0 Å². The van der Waals surface area contributed by atoms with Crippen LogP contribution in [0.25, 0.3) is 0 Å². The standard InChI is InChI=1S/C21H22N2O4/c24-19(11-8-15-6-9-17(10-7-15)21(26)27)22-14-16-3-1-4-18(13-16)23-12-2-5-20(23)25/h1,3-4,6-7,9-10,13H,2,5,8,11-12,14H2,(H,22,24)(H,26,27). The molecule has 2 N–H and O–H groups in total. The molecule has 1 fully saturated rings. The summed E-state index contributed by atoms with van der Waals surface area (Å²) in [6, 6.07) is 14.2. The number of amides is 2. The molecule has 140 valence electrons.